The summed E-state index contributed by atoms with van der Waals surface area (Å²) in [5.74, 6) is 0.398. The third-order valence-electron chi connectivity index (χ3n) is 3.73. The van der Waals surface area contributed by atoms with Gasteiger partial charge in [0.2, 0.25) is 6.29 Å². The first-order valence-electron chi connectivity index (χ1n) is 7.57. The number of nitrogen functional groups attached to an aromatic ring is 1. The predicted octanol–water partition coefficient (Wildman–Crippen LogP) is -1.99. The van der Waals surface area contributed by atoms with Gasteiger partial charge in [-0.05, 0) is 31.3 Å². The van der Waals surface area contributed by atoms with Gasteiger partial charge in [-0.1, -0.05) is 0 Å². The summed E-state index contributed by atoms with van der Waals surface area (Å²) in [6.07, 6.45) is -6.83. The molecule has 1 unspecified atom stereocenters. The number of aliphatic hydroxyl groups excluding tert-OH is 4. The molecule has 0 bridgehead atoms. The number of benzene rings is 1. The molecule has 1 saturated heterocycles. The van der Waals surface area contributed by atoms with Crippen LogP contribution in [0, 0.1) is 0 Å². The van der Waals surface area contributed by atoms with Crippen molar-refractivity contribution >= 4 is 5.69 Å². The summed E-state index contributed by atoms with van der Waals surface area (Å²) in [5.41, 5.74) is 6.15. The standard InChI is InChI=1S/C15H24N2O7/c1-17-11(19)7-22-14-12(20)10(6-18)24-15(13(14)21)23-9-4-2-8(16)3-5-9/h2-5,10-15,17-21H,6-7,16H2,1H3/t10-,11?,12+,13-,14+,15-/m1/s1. The molecule has 1 aliphatic rings. The van der Waals surface area contributed by atoms with E-state index in [-0.39, 0.29) is 6.61 Å². The highest BCUT2D eigenvalue weighted by atomic mass is 16.7. The molecule has 1 aromatic rings. The number of aliphatic hydroxyl groups is 4. The summed E-state index contributed by atoms with van der Waals surface area (Å²) in [5, 5.41) is 41.9. The van der Waals surface area contributed by atoms with Gasteiger partial charge in [-0.2, -0.15) is 0 Å². The van der Waals surface area contributed by atoms with E-state index in [1.165, 1.54) is 7.05 Å². The van der Waals surface area contributed by atoms with Crippen LogP contribution in [0.3, 0.4) is 0 Å². The number of hydrogen-bond donors (Lipinski definition) is 6. The Labute approximate surface area is 139 Å². The topological polar surface area (TPSA) is 147 Å². The van der Waals surface area contributed by atoms with Crippen molar-refractivity contribution in [1.29, 1.82) is 0 Å². The van der Waals surface area contributed by atoms with Crippen molar-refractivity contribution in [3.63, 3.8) is 0 Å². The Bertz CT molecular complexity index is 501. The molecular formula is C15H24N2O7. The van der Waals surface area contributed by atoms with Gasteiger partial charge >= 0.3 is 0 Å². The lowest BCUT2D eigenvalue weighted by molar-refractivity contribution is -0.288. The highest BCUT2D eigenvalue weighted by molar-refractivity contribution is 5.41. The van der Waals surface area contributed by atoms with Gasteiger partial charge in [0.05, 0.1) is 13.2 Å². The fourth-order valence-corrected chi connectivity index (χ4v) is 2.31. The lowest BCUT2D eigenvalue weighted by Gasteiger charge is -2.41. The normalized spacial score (nSPS) is 31.6. The number of rotatable bonds is 7. The minimum Gasteiger partial charge on any atom is -0.462 e. The number of nitrogens with one attached hydrogen (secondary N) is 1. The minimum absolute atomic E-state index is 0.165. The van der Waals surface area contributed by atoms with Gasteiger partial charge < -0.3 is 40.4 Å². The van der Waals surface area contributed by atoms with E-state index in [2.05, 4.69) is 5.32 Å². The fourth-order valence-electron chi connectivity index (χ4n) is 2.31. The second-order valence-electron chi connectivity index (χ2n) is 5.50. The van der Waals surface area contributed by atoms with E-state index in [0.29, 0.717) is 11.4 Å². The highest BCUT2D eigenvalue weighted by Crippen LogP contribution is 2.26. The number of nitrogens with two attached hydrogens (primary N) is 1. The second kappa shape index (κ2) is 8.58. The van der Waals surface area contributed by atoms with Crippen LogP contribution in [0.4, 0.5) is 5.69 Å². The zero-order chi connectivity index (χ0) is 17.7. The van der Waals surface area contributed by atoms with Crippen LogP contribution in [0.1, 0.15) is 0 Å². The van der Waals surface area contributed by atoms with Gasteiger partial charge in [0.25, 0.3) is 0 Å². The van der Waals surface area contributed by atoms with Gasteiger partial charge in [0, 0.05) is 5.69 Å². The average Bonchev–Trinajstić information content (AvgIpc) is 2.58. The Morgan fingerprint density at radius 2 is 1.92 bits per heavy atom. The summed E-state index contributed by atoms with van der Waals surface area (Å²) in [7, 11) is 1.54. The summed E-state index contributed by atoms with van der Waals surface area (Å²) in [4.78, 5) is 0. The second-order valence-corrected chi connectivity index (χ2v) is 5.50. The molecule has 9 heteroatoms. The average molecular weight is 344 g/mol. The first-order valence-corrected chi connectivity index (χ1v) is 7.57. The third kappa shape index (κ3) is 4.54. The molecule has 24 heavy (non-hydrogen) atoms. The molecule has 1 aliphatic heterocycles. The maximum Gasteiger partial charge on any atom is 0.229 e. The molecule has 0 radical (unpaired) electrons. The molecule has 0 spiro atoms. The van der Waals surface area contributed by atoms with Crippen LogP contribution in [0.5, 0.6) is 5.75 Å². The molecule has 7 N–H and O–H groups in total. The van der Waals surface area contributed by atoms with Crippen molar-refractivity contribution in [3.05, 3.63) is 24.3 Å². The van der Waals surface area contributed by atoms with E-state index in [0.717, 1.165) is 0 Å². The van der Waals surface area contributed by atoms with Crippen molar-refractivity contribution in [2.24, 2.45) is 0 Å². The van der Waals surface area contributed by atoms with E-state index in [1.807, 2.05) is 0 Å². The number of ether oxygens (including phenoxy) is 3. The van der Waals surface area contributed by atoms with E-state index in [9.17, 15) is 20.4 Å². The Morgan fingerprint density at radius 3 is 2.50 bits per heavy atom. The van der Waals surface area contributed by atoms with Crippen molar-refractivity contribution in [1.82, 2.24) is 5.32 Å². The number of hydrogen-bond acceptors (Lipinski definition) is 9. The largest absolute Gasteiger partial charge is 0.462 e. The molecule has 6 atom stereocenters. The molecule has 0 aromatic heterocycles. The Kier molecular flexibility index (Phi) is 6.75. The molecule has 0 aliphatic carbocycles. The predicted molar refractivity (Wildman–Crippen MR) is 84.0 cm³/mol. The minimum atomic E-state index is -1.33. The van der Waals surface area contributed by atoms with Crippen LogP contribution in [-0.2, 0) is 9.47 Å². The first-order chi connectivity index (χ1) is 11.5. The maximum atomic E-state index is 10.4. The molecule has 136 valence electrons. The molecule has 0 amide bonds. The Balaban J connectivity index is 2.08. The Morgan fingerprint density at radius 1 is 1.25 bits per heavy atom. The van der Waals surface area contributed by atoms with Crippen molar-refractivity contribution in [2.45, 2.75) is 36.9 Å². The van der Waals surface area contributed by atoms with Gasteiger partial charge in [-0.25, -0.2) is 0 Å². The van der Waals surface area contributed by atoms with Gasteiger partial charge in [-0.15, -0.1) is 0 Å². The third-order valence-corrected chi connectivity index (χ3v) is 3.73. The van der Waals surface area contributed by atoms with Gasteiger partial charge in [0.15, 0.2) is 0 Å². The van der Waals surface area contributed by atoms with E-state index in [4.69, 9.17) is 19.9 Å². The van der Waals surface area contributed by atoms with Gasteiger partial charge in [0.1, 0.15) is 36.4 Å². The molecule has 0 saturated carbocycles. The van der Waals surface area contributed by atoms with Crippen LogP contribution >= 0.6 is 0 Å². The highest BCUT2D eigenvalue weighted by Gasteiger charge is 2.46. The lowest BCUT2D eigenvalue weighted by Crippen LogP contribution is -2.61. The van der Waals surface area contributed by atoms with Crippen LogP contribution in [0.2, 0.25) is 0 Å². The zero-order valence-electron chi connectivity index (χ0n) is 13.3. The molecule has 1 heterocycles. The Hall–Kier alpha value is -1.46. The van der Waals surface area contributed by atoms with Crippen LogP contribution < -0.4 is 15.8 Å². The van der Waals surface area contributed by atoms with Crippen molar-refractivity contribution in [2.75, 3.05) is 26.0 Å². The summed E-state index contributed by atoms with van der Waals surface area (Å²) >= 11 is 0. The van der Waals surface area contributed by atoms with E-state index in [1.54, 1.807) is 24.3 Å². The van der Waals surface area contributed by atoms with Crippen LogP contribution in [0.15, 0.2) is 24.3 Å². The molecule has 9 nitrogen and oxygen atoms in total. The smallest absolute Gasteiger partial charge is 0.229 e. The van der Waals surface area contributed by atoms with E-state index >= 15 is 0 Å². The molecule has 2 rings (SSSR count). The lowest BCUT2D eigenvalue weighted by atomic mass is 9.99. The molecular weight excluding hydrogens is 320 g/mol. The fraction of sp³-hybridized carbons (Fsp3) is 0.600. The summed E-state index contributed by atoms with van der Waals surface area (Å²) < 4.78 is 16.3. The van der Waals surface area contributed by atoms with E-state index < -0.39 is 43.5 Å². The van der Waals surface area contributed by atoms with Crippen LogP contribution in [-0.4, -0.2) is 77.6 Å². The van der Waals surface area contributed by atoms with Crippen molar-refractivity contribution < 1.29 is 34.6 Å². The maximum absolute atomic E-state index is 10.4. The number of likely N-dealkylation sites (N-methyl/N-ethyl adjacent to an activating group) is 1. The first kappa shape index (κ1) is 18.9. The summed E-state index contributed by atoms with van der Waals surface area (Å²) in [6, 6.07) is 6.45. The summed E-state index contributed by atoms with van der Waals surface area (Å²) in [6.45, 7) is -0.647. The van der Waals surface area contributed by atoms with Gasteiger partial charge in [-0.3, -0.25) is 5.32 Å². The molecule has 1 fully saturated rings. The van der Waals surface area contributed by atoms with Crippen LogP contribution in [0.25, 0.3) is 0 Å². The SMILES string of the molecule is CNC(O)CO[C@H]1[C@@H](O)[C@@H](CO)O[C@@H](Oc2ccc(N)cc2)[C@@H]1O. The monoisotopic (exact) mass is 344 g/mol. The van der Waals surface area contributed by atoms with Crippen molar-refractivity contribution in [3.8, 4) is 5.75 Å². The zero-order valence-corrected chi connectivity index (χ0v) is 13.3. The quantitative estimate of drug-likeness (QED) is 0.244. The molecule has 1 aromatic carbocycles. The number of anilines is 1.